The van der Waals surface area contributed by atoms with Crippen molar-refractivity contribution in [3.63, 3.8) is 0 Å². The van der Waals surface area contributed by atoms with Crippen molar-refractivity contribution in [1.82, 2.24) is 10.6 Å². The molecule has 8 nitrogen and oxygen atoms in total. The molecule has 0 spiro atoms. The van der Waals surface area contributed by atoms with Crippen LogP contribution in [0.1, 0.15) is 55.6 Å². The van der Waals surface area contributed by atoms with Crippen LogP contribution >= 0.6 is 0 Å². The van der Waals surface area contributed by atoms with Gasteiger partial charge < -0.3 is 21.9 Å². The average molecular weight is 466 g/mol. The van der Waals surface area contributed by atoms with E-state index in [1.807, 2.05) is 30.3 Å². The molecule has 0 bridgehead atoms. The third kappa shape index (κ3) is 7.59. The highest BCUT2D eigenvalue weighted by atomic mass is 16.3. The molecule has 0 radical (unpaired) electrons. The lowest BCUT2D eigenvalue weighted by molar-refractivity contribution is -0.133. The fourth-order valence-electron chi connectivity index (χ4n) is 4.56. The third-order valence-electron chi connectivity index (χ3n) is 6.31. The molecule has 1 unspecified atom stereocenters. The summed E-state index contributed by atoms with van der Waals surface area (Å²) in [5.41, 5.74) is 12.7. The molecular formula is C26H35N5O3. The Morgan fingerprint density at radius 2 is 1.68 bits per heavy atom. The number of carbonyl (C=O) groups excluding carboxylic acids is 2. The fraction of sp³-hybridized carbons (Fsp3) is 0.423. The maximum Gasteiger partial charge on any atom is 0.243 e. The van der Waals surface area contributed by atoms with E-state index in [4.69, 9.17) is 11.5 Å². The summed E-state index contributed by atoms with van der Waals surface area (Å²) in [4.78, 5) is 30.5. The number of imide groups is 1. The van der Waals surface area contributed by atoms with Gasteiger partial charge in [-0.3, -0.25) is 19.9 Å². The van der Waals surface area contributed by atoms with Gasteiger partial charge in [-0.15, -0.1) is 0 Å². The Hall–Kier alpha value is -3.39. The fourth-order valence-corrected chi connectivity index (χ4v) is 4.56. The monoisotopic (exact) mass is 465 g/mol. The van der Waals surface area contributed by atoms with Gasteiger partial charge in [-0.05, 0) is 54.9 Å². The van der Waals surface area contributed by atoms with Gasteiger partial charge in [-0.25, -0.2) is 0 Å². The molecule has 3 rings (SSSR count). The Bertz CT molecular complexity index is 952. The van der Waals surface area contributed by atoms with Gasteiger partial charge in [0.05, 0.1) is 12.0 Å². The molecule has 0 heterocycles. The third-order valence-corrected chi connectivity index (χ3v) is 6.31. The smallest absolute Gasteiger partial charge is 0.243 e. The summed E-state index contributed by atoms with van der Waals surface area (Å²) in [5.74, 6) is -0.515. The second kappa shape index (κ2) is 12.7. The van der Waals surface area contributed by atoms with Gasteiger partial charge in [-0.1, -0.05) is 55.3 Å². The molecule has 0 aromatic heterocycles. The van der Waals surface area contributed by atoms with Crippen LogP contribution in [0.2, 0.25) is 0 Å². The van der Waals surface area contributed by atoms with E-state index in [2.05, 4.69) is 15.6 Å². The summed E-state index contributed by atoms with van der Waals surface area (Å²) in [6, 6.07) is 15.9. The van der Waals surface area contributed by atoms with Crippen LogP contribution in [0.5, 0.6) is 5.75 Å². The predicted molar refractivity (Wildman–Crippen MR) is 133 cm³/mol. The van der Waals surface area contributed by atoms with Gasteiger partial charge in [0.1, 0.15) is 5.75 Å². The molecule has 1 aliphatic rings. The molecule has 34 heavy (non-hydrogen) atoms. The van der Waals surface area contributed by atoms with Crippen molar-refractivity contribution in [1.29, 1.82) is 0 Å². The number of aromatic hydroxyl groups is 1. The summed E-state index contributed by atoms with van der Waals surface area (Å²) < 4.78 is 0. The van der Waals surface area contributed by atoms with E-state index in [-0.39, 0.29) is 35.4 Å². The molecule has 1 aliphatic carbocycles. The Balaban J connectivity index is 1.68. The summed E-state index contributed by atoms with van der Waals surface area (Å²) in [5, 5.41) is 15.4. The quantitative estimate of drug-likeness (QED) is 0.196. The van der Waals surface area contributed by atoms with Crippen molar-refractivity contribution in [3.8, 4) is 5.75 Å². The predicted octanol–water partition coefficient (Wildman–Crippen LogP) is 2.52. The first-order chi connectivity index (χ1) is 16.4. The molecule has 1 saturated carbocycles. The SMILES string of the molecule is NC(N)=NCCC[C@@H](NCc1ccc(O)cc1)C(=O)NC(=O)C(c1ccccc1)C1CCCC1. The van der Waals surface area contributed by atoms with Crippen molar-refractivity contribution in [2.45, 2.75) is 57.0 Å². The van der Waals surface area contributed by atoms with Crippen molar-refractivity contribution >= 4 is 17.8 Å². The number of aliphatic imine (C=N–C) groups is 1. The molecule has 2 atom stereocenters. The van der Waals surface area contributed by atoms with Crippen molar-refractivity contribution in [2.24, 2.45) is 22.4 Å². The molecule has 2 aromatic carbocycles. The van der Waals surface area contributed by atoms with E-state index in [9.17, 15) is 14.7 Å². The van der Waals surface area contributed by atoms with Crippen LogP contribution in [0.15, 0.2) is 59.6 Å². The Morgan fingerprint density at radius 3 is 2.32 bits per heavy atom. The molecule has 7 N–H and O–H groups in total. The van der Waals surface area contributed by atoms with E-state index < -0.39 is 6.04 Å². The maximum absolute atomic E-state index is 13.3. The number of amides is 2. The summed E-state index contributed by atoms with van der Waals surface area (Å²) in [7, 11) is 0. The van der Waals surface area contributed by atoms with E-state index in [1.54, 1.807) is 24.3 Å². The van der Waals surface area contributed by atoms with Crippen LogP contribution in [0.3, 0.4) is 0 Å². The molecule has 1 fully saturated rings. The standard InChI is InChI=1S/C26H35N5O3/c27-26(28)29-16-6-11-22(30-17-18-12-14-21(32)15-13-18)24(33)31-25(34)23(20-9-4-5-10-20)19-7-2-1-3-8-19/h1-3,7-8,12-15,20,22-23,30,32H,4-6,9-11,16-17H2,(H4,27,28,29)(H,31,33,34)/t22-,23?/m1/s1. The Kier molecular flexibility index (Phi) is 9.46. The zero-order chi connectivity index (χ0) is 24.3. The first-order valence-electron chi connectivity index (χ1n) is 11.9. The van der Waals surface area contributed by atoms with Crippen molar-refractivity contribution in [3.05, 3.63) is 65.7 Å². The van der Waals surface area contributed by atoms with Crippen molar-refractivity contribution in [2.75, 3.05) is 6.54 Å². The molecule has 0 saturated heterocycles. The largest absolute Gasteiger partial charge is 0.508 e. The number of nitrogens with one attached hydrogen (secondary N) is 2. The van der Waals surface area contributed by atoms with Crippen LogP contribution in [0, 0.1) is 5.92 Å². The normalized spacial score (nSPS) is 15.4. The minimum atomic E-state index is -0.591. The molecular weight excluding hydrogens is 430 g/mol. The lowest BCUT2D eigenvalue weighted by Gasteiger charge is -2.24. The number of rotatable bonds is 11. The van der Waals surface area contributed by atoms with Gasteiger partial charge in [0.15, 0.2) is 5.96 Å². The number of phenolic OH excluding ortho intramolecular Hbond substituents is 1. The van der Waals surface area contributed by atoms with Crippen LogP contribution in [0.4, 0.5) is 0 Å². The summed E-state index contributed by atoms with van der Waals surface area (Å²) >= 11 is 0. The molecule has 0 aliphatic heterocycles. The van der Waals surface area contributed by atoms with Gasteiger partial charge in [0, 0.05) is 13.1 Å². The van der Waals surface area contributed by atoms with Crippen LogP contribution < -0.4 is 22.1 Å². The summed E-state index contributed by atoms with van der Waals surface area (Å²) in [6.45, 7) is 0.815. The van der Waals surface area contributed by atoms with Crippen molar-refractivity contribution < 1.29 is 14.7 Å². The lowest BCUT2D eigenvalue weighted by atomic mass is 9.84. The molecule has 2 amide bonds. The Morgan fingerprint density at radius 1 is 1.00 bits per heavy atom. The minimum Gasteiger partial charge on any atom is -0.508 e. The van der Waals surface area contributed by atoms with Gasteiger partial charge in [-0.2, -0.15) is 0 Å². The molecule has 182 valence electrons. The highest BCUT2D eigenvalue weighted by Gasteiger charge is 2.33. The lowest BCUT2D eigenvalue weighted by Crippen LogP contribution is -2.48. The minimum absolute atomic E-state index is 0.00972. The van der Waals surface area contributed by atoms with Gasteiger partial charge in [0.25, 0.3) is 0 Å². The summed E-state index contributed by atoms with van der Waals surface area (Å²) in [6.07, 6.45) is 5.24. The number of nitrogens with zero attached hydrogens (tertiary/aromatic N) is 1. The average Bonchev–Trinajstić information content (AvgIpc) is 3.34. The maximum atomic E-state index is 13.3. The number of nitrogens with two attached hydrogens (primary N) is 2. The number of hydrogen-bond acceptors (Lipinski definition) is 5. The second-order valence-corrected chi connectivity index (χ2v) is 8.84. The van der Waals surface area contributed by atoms with E-state index in [0.29, 0.717) is 25.9 Å². The highest BCUT2D eigenvalue weighted by molar-refractivity contribution is 6.00. The first kappa shape index (κ1) is 25.2. The Labute approximate surface area is 200 Å². The second-order valence-electron chi connectivity index (χ2n) is 8.84. The van der Waals surface area contributed by atoms with E-state index in [1.165, 1.54) is 0 Å². The zero-order valence-electron chi connectivity index (χ0n) is 19.5. The first-order valence-corrected chi connectivity index (χ1v) is 11.9. The number of phenols is 1. The number of guanidine groups is 1. The van der Waals surface area contributed by atoms with E-state index >= 15 is 0 Å². The molecule has 8 heteroatoms. The van der Waals surface area contributed by atoms with E-state index in [0.717, 1.165) is 36.8 Å². The molecule has 2 aromatic rings. The van der Waals surface area contributed by atoms with Gasteiger partial charge >= 0.3 is 0 Å². The highest BCUT2D eigenvalue weighted by Crippen LogP contribution is 2.37. The van der Waals surface area contributed by atoms with Gasteiger partial charge in [0.2, 0.25) is 11.8 Å². The number of hydrogen-bond donors (Lipinski definition) is 5. The number of carbonyl (C=O) groups is 2. The topological polar surface area (TPSA) is 143 Å². The zero-order valence-corrected chi connectivity index (χ0v) is 19.5. The number of benzene rings is 2. The van der Waals surface area contributed by atoms with Crippen LogP contribution in [-0.2, 0) is 16.1 Å². The van der Waals surface area contributed by atoms with Crippen LogP contribution in [-0.4, -0.2) is 35.5 Å². The van der Waals surface area contributed by atoms with Crippen LogP contribution in [0.25, 0.3) is 0 Å².